The van der Waals surface area contributed by atoms with E-state index in [4.69, 9.17) is 4.74 Å². The minimum absolute atomic E-state index is 0.166. The Labute approximate surface area is 147 Å². The number of hydrogen-bond acceptors (Lipinski definition) is 3. The van der Waals surface area contributed by atoms with E-state index in [1.165, 1.54) is 0 Å². The third-order valence-electron chi connectivity index (χ3n) is 5.34. The summed E-state index contributed by atoms with van der Waals surface area (Å²) in [6, 6.07) is 0. The minimum Gasteiger partial charge on any atom is -0.455 e. The molecule has 3 unspecified atom stereocenters. The van der Waals surface area contributed by atoms with Crippen LogP contribution in [0.4, 0.5) is 39.5 Å². The van der Waals surface area contributed by atoms with Crippen molar-refractivity contribution in [3.8, 4) is 0 Å². The van der Waals surface area contributed by atoms with Gasteiger partial charge in [-0.3, -0.25) is 0 Å². The second kappa shape index (κ2) is 6.28. The molecule has 1 N–H and O–H groups in total. The van der Waals surface area contributed by atoms with Crippen LogP contribution in [0.1, 0.15) is 32.1 Å². The number of ether oxygens (including phenoxy) is 1. The van der Waals surface area contributed by atoms with Crippen LogP contribution in [0, 0.1) is 11.8 Å². The number of alkyl halides is 9. The lowest BCUT2D eigenvalue weighted by Gasteiger charge is -2.40. The van der Waals surface area contributed by atoms with Crippen molar-refractivity contribution in [2.75, 3.05) is 0 Å². The first-order valence-electron chi connectivity index (χ1n) is 7.78. The molecule has 0 radical (unpaired) electrons. The molecule has 0 heterocycles. The van der Waals surface area contributed by atoms with Gasteiger partial charge in [0.05, 0.1) is 0 Å². The van der Waals surface area contributed by atoms with Crippen molar-refractivity contribution < 1.29 is 54.2 Å². The molecule has 0 saturated heterocycles. The van der Waals surface area contributed by atoms with Crippen LogP contribution in [-0.4, -0.2) is 40.8 Å². The highest BCUT2D eigenvalue weighted by molar-refractivity contribution is 5.89. The Morgan fingerprint density at radius 2 is 1.59 bits per heavy atom. The van der Waals surface area contributed by atoms with Gasteiger partial charge in [-0.25, -0.2) is 4.79 Å². The molecule has 0 amide bonds. The molecular formula is C15H15F9O3. The van der Waals surface area contributed by atoms with E-state index in [9.17, 15) is 49.4 Å². The number of rotatable bonds is 4. The first-order valence-corrected chi connectivity index (χ1v) is 7.78. The van der Waals surface area contributed by atoms with Gasteiger partial charge in [0, 0.05) is 12.3 Å². The van der Waals surface area contributed by atoms with Gasteiger partial charge < -0.3 is 9.84 Å². The molecule has 27 heavy (non-hydrogen) atoms. The summed E-state index contributed by atoms with van der Waals surface area (Å²) in [5, 5.41) is 9.37. The molecule has 0 aromatic carbocycles. The summed E-state index contributed by atoms with van der Waals surface area (Å²) >= 11 is 0. The predicted molar refractivity (Wildman–Crippen MR) is 71.1 cm³/mol. The SMILES string of the molecule is C=C(C(=O)OC12CCC(CC1CC(O)(C(F)(F)F)C(F)(F)F)C2)C(F)(F)F. The maximum absolute atomic E-state index is 12.9. The van der Waals surface area contributed by atoms with Crippen molar-refractivity contribution in [1.29, 1.82) is 0 Å². The zero-order valence-corrected chi connectivity index (χ0v) is 13.6. The van der Waals surface area contributed by atoms with Gasteiger partial charge in [-0.2, -0.15) is 39.5 Å². The summed E-state index contributed by atoms with van der Waals surface area (Å²) in [5.41, 5.74) is -8.90. The largest absolute Gasteiger partial charge is 0.455 e. The van der Waals surface area contributed by atoms with Crippen LogP contribution in [-0.2, 0) is 9.53 Å². The van der Waals surface area contributed by atoms with Gasteiger partial charge in [0.1, 0.15) is 11.2 Å². The summed E-state index contributed by atoms with van der Waals surface area (Å²) in [6.07, 6.45) is -19.5. The Kier molecular flexibility index (Phi) is 5.08. The highest BCUT2D eigenvalue weighted by Gasteiger charge is 2.72. The van der Waals surface area contributed by atoms with E-state index in [1.54, 1.807) is 0 Å². The van der Waals surface area contributed by atoms with Gasteiger partial charge in [0.25, 0.3) is 5.60 Å². The highest BCUT2D eigenvalue weighted by Crippen LogP contribution is 2.59. The van der Waals surface area contributed by atoms with Crippen LogP contribution in [0.2, 0.25) is 0 Å². The van der Waals surface area contributed by atoms with Gasteiger partial charge in [-0.05, 0) is 31.6 Å². The molecule has 2 aliphatic carbocycles. The molecule has 2 bridgehead atoms. The summed E-state index contributed by atoms with van der Waals surface area (Å²) < 4.78 is 120. The molecule has 2 rings (SSSR count). The molecule has 156 valence electrons. The van der Waals surface area contributed by atoms with E-state index in [-0.39, 0.29) is 25.7 Å². The van der Waals surface area contributed by atoms with Crippen LogP contribution >= 0.6 is 0 Å². The van der Waals surface area contributed by atoms with Crippen LogP contribution in [0.5, 0.6) is 0 Å². The number of esters is 1. The fraction of sp³-hybridized carbons (Fsp3) is 0.800. The maximum Gasteiger partial charge on any atom is 0.426 e. The number of halogens is 9. The molecule has 2 aliphatic rings. The molecule has 2 saturated carbocycles. The molecule has 3 nitrogen and oxygen atoms in total. The van der Waals surface area contributed by atoms with E-state index in [2.05, 4.69) is 6.58 Å². The molecule has 12 heteroatoms. The quantitative estimate of drug-likeness (QED) is 0.420. The van der Waals surface area contributed by atoms with Crippen molar-refractivity contribution in [2.24, 2.45) is 11.8 Å². The second-order valence-corrected chi connectivity index (χ2v) is 7.03. The average molecular weight is 414 g/mol. The third kappa shape index (κ3) is 3.77. The van der Waals surface area contributed by atoms with E-state index in [0.717, 1.165) is 0 Å². The first kappa shape index (κ1) is 21.8. The lowest BCUT2D eigenvalue weighted by molar-refractivity contribution is -0.374. The smallest absolute Gasteiger partial charge is 0.426 e. The Bertz CT molecular complexity index is 605. The fourth-order valence-corrected chi connectivity index (χ4v) is 3.89. The zero-order valence-electron chi connectivity index (χ0n) is 13.6. The lowest BCUT2D eigenvalue weighted by Crippen LogP contribution is -2.59. The number of fused-ring (bicyclic) bond motifs is 2. The maximum atomic E-state index is 12.9. The number of aliphatic hydroxyl groups is 1. The minimum atomic E-state index is -6.06. The van der Waals surface area contributed by atoms with Gasteiger partial charge in [-0.15, -0.1) is 0 Å². The Morgan fingerprint density at radius 1 is 1.07 bits per heavy atom. The van der Waals surface area contributed by atoms with Crippen LogP contribution in [0.25, 0.3) is 0 Å². The first-order chi connectivity index (χ1) is 11.9. The summed E-state index contributed by atoms with van der Waals surface area (Å²) in [4.78, 5) is 11.7. The van der Waals surface area contributed by atoms with Crippen molar-refractivity contribution in [3.63, 3.8) is 0 Å². The van der Waals surface area contributed by atoms with E-state index in [0.29, 0.717) is 0 Å². The zero-order chi connectivity index (χ0) is 21.1. The van der Waals surface area contributed by atoms with Gasteiger partial charge in [0.2, 0.25) is 0 Å². The summed E-state index contributed by atoms with van der Waals surface area (Å²) in [7, 11) is 0. The molecule has 0 spiro atoms. The predicted octanol–water partition coefficient (Wildman–Crippen LogP) is 4.45. The van der Waals surface area contributed by atoms with E-state index < -0.39 is 59.5 Å². The van der Waals surface area contributed by atoms with Gasteiger partial charge >= 0.3 is 24.5 Å². The Morgan fingerprint density at radius 3 is 2.00 bits per heavy atom. The standard InChI is InChI=1S/C15H15F9O3/c1-7(13(16,17)18)10(25)27-11-3-2-8(5-11)4-9(11)6-12(26,14(19,20)21)15(22,23)24/h8-9,26H,1-6H2. The summed E-state index contributed by atoms with van der Waals surface area (Å²) in [5.74, 6) is -3.96. The summed E-state index contributed by atoms with van der Waals surface area (Å²) in [6.45, 7) is 2.52. The lowest BCUT2D eigenvalue weighted by atomic mass is 9.77. The topological polar surface area (TPSA) is 46.5 Å². The van der Waals surface area contributed by atoms with Crippen molar-refractivity contribution >= 4 is 5.97 Å². The van der Waals surface area contributed by atoms with Gasteiger partial charge in [0.15, 0.2) is 0 Å². The van der Waals surface area contributed by atoms with E-state index >= 15 is 0 Å². The average Bonchev–Trinajstić information content (AvgIpc) is 3.00. The Hall–Kier alpha value is -1.46. The number of hydrogen-bond donors (Lipinski definition) is 1. The molecular weight excluding hydrogens is 399 g/mol. The van der Waals surface area contributed by atoms with Gasteiger partial charge in [-0.1, -0.05) is 6.58 Å². The molecule has 3 atom stereocenters. The number of carbonyl (C=O) groups is 1. The monoisotopic (exact) mass is 414 g/mol. The third-order valence-corrected chi connectivity index (χ3v) is 5.34. The fourth-order valence-electron chi connectivity index (χ4n) is 3.89. The van der Waals surface area contributed by atoms with Crippen LogP contribution < -0.4 is 0 Å². The van der Waals surface area contributed by atoms with E-state index in [1.807, 2.05) is 0 Å². The Balaban J connectivity index is 2.29. The molecule has 0 aromatic heterocycles. The van der Waals surface area contributed by atoms with Crippen molar-refractivity contribution in [2.45, 2.75) is 61.8 Å². The van der Waals surface area contributed by atoms with Crippen LogP contribution in [0.3, 0.4) is 0 Å². The second-order valence-electron chi connectivity index (χ2n) is 7.03. The number of carbonyl (C=O) groups excluding carboxylic acids is 1. The molecule has 0 aliphatic heterocycles. The van der Waals surface area contributed by atoms with Crippen molar-refractivity contribution in [1.82, 2.24) is 0 Å². The van der Waals surface area contributed by atoms with Crippen molar-refractivity contribution in [3.05, 3.63) is 12.2 Å². The molecule has 2 fully saturated rings. The highest BCUT2D eigenvalue weighted by atomic mass is 19.4. The molecule has 0 aromatic rings. The normalized spacial score (nSPS) is 29.1. The van der Waals surface area contributed by atoms with Crippen LogP contribution in [0.15, 0.2) is 12.2 Å².